The smallest absolute Gasteiger partial charge is 0.253 e. The van der Waals surface area contributed by atoms with E-state index in [4.69, 9.17) is 11.6 Å². The Morgan fingerprint density at radius 3 is 2.38 bits per heavy atom. The van der Waals surface area contributed by atoms with Crippen molar-refractivity contribution in [2.75, 3.05) is 17.2 Å². The maximum atomic E-state index is 12.4. The van der Waals surface area contributed by atoms with Gasteiger partial charge in [0.25, 0.3) is 5.91 Å². The van der Waals surface area contributed by atoms with E-state index < -0.39 is 0 Å². The fraction of sp³-hybridized carbons (Fsp3) is 0.318. The van der Waals surface area contributed by atoms with Crippen LogP contribution in [0.4, 0.5) is 11.4 Å². The number of rotatable bonds is 8. The molecule has 154 valence electrons. The molecule has 0 radical (unpaired) electrons. The first kappa shape index (κ1) is 22.4. The van der Waals surface area contributed by atoms with Gasteiger partial charge in [-0.1, -0.05) is 30.7 Å². The van der Waals surface area contributed by atoms with Gasteiger partial charge in [0.05, 0.1) is 17.1 Å². The molecule has 2 amide bonds. The van der Waals surface area contributed by atoms with E-state index in [0.29, 0.717) is 27.5 Å². The van der Waals surface area contributed by atoms with E-state index in [9.17, 15) is 14.4 Å². The summed E-state index contributed by atoms with van der Waals surface area (Å²) in [6, 6.07) is 11.7. The summed E-state index contributed by atoms with van der Waals surface area (Å²) >= 11 is 6.26. The Hall–Kier alpha value is -2.86. The zero-order valence-electron chi connectivity index (χ0n) is 17.1. The molecule has 0 atom stereocenters. The van der Waals surface area contributed by atoms with Gasteiger partial charge in [0.15, 0.2) is 5.78 Å². The van der Waals surface area contributed by atoms with Gasteiger partial charge in [0.2, 0.25) is 5.91 Å². The lowest BCUT2D eigenvalue weighted by Crippen LogP contribution is -2.42. The molecule has 6 nitrogen and oxygen atoms in total. The molecule has 0 unspecified atom stereocenters. The van der Waals surface area contributed by atoms with Crippen molar-refractivity contribution in [3.8, 4) is 0 Å². The van der Waals surface area contributed by atoms with Crippen molar-refractivity contribution < 1.29 is 14.4 Å². The molecule has 2 aromatic carbocycles. The molecule has 0 saturated heterocycles. The Labute approximate surface area is 176 Å². The molecule has 2 aromatic rings. The van der Waals surface area contributed by atoms with Gasteiger partial charge in [-0.25, -0.2) is 0 Å². The molecule has 0 aromatic heterocycles. The van der Waals surface area contributed by atoms with Crippen molar-refractivity contribution in [3.05, 3.63) is 58.6 Å². The number of amides is 2. The molecule has 0 aliphatic carbocycles. The highest BCUT2D eigenvalue weighted by molar-refractivity contribution is 6.34. The summed E-state index contributed by atoms with van der Waals surface area (Å²) in [7, 11) is 0. The van der Waals surface area contributed by atoms with E-state index in [-0.39, 0.29) is 29.7 Å². The SMILES string of the molecule is CCC(C)(C)NC(=O)c1ccc(NCC(=O)Nc2cccc(C(C)=O)c2)cc1Cl. The number of carbonyl (C=O) groups is 3. The monoisotopic (exact) mass is 415 g/mol. The lowest BCUT2D eigenvalue weighted by molar-refractivity contribution is -0.114. The average molecular weight is 416 g/mol. The van der Waals surface area contributed by atoms with Gasteiger partial charge in [-0.3, -0.25) is 14.4 Å². The first-order valence-corrected chi connectivity index (χ1v) is 9.76. The first-order valence-electron chi connectivity index (χ1n) is 9.38. The van der Waals surface area contributed by atoms with E-state index >= 15 is 0 Å². The van der Waals surface area contributed by atoms with Crippen LogP contribution in [0.15, 0.2) is 42.5 Å². The minimum absolute atomic E-state index is 0.00897. The highest BCUT2D eigenvalue weighted by Crippen LogP contribution is 2.22. The summed E-state index contributed by atoms with van der Waals surface area (Å²) in [5.74, 6) is -0.579. The van der Waals surface area contributed by atoms with Crippen molar-refractivity contribution in [1.29, 1.82) is 0 Å². The lowest BCUT2D eigenvalue weighted by Gasteiger charge is -2.24. The number of nitrogens with one attached hydrogen (secondary N) is 3. The Bertz CT molecular complexity index is 925. The van der Waals surface area contributed by atoms with Crippen LogP contribution in [-0.2, 0) is 4.79 Å². The molecule has 0 saturated carbocycles. The molecular weight excluding hydrogens is 390 g/mol. The molecule has 0 spiro atoms. The largest absolute Gasteiger partial charge is 0.376 e. The quantitative estimate of drug-likeness (QED) is 0.553. The van der Waals surface area contributed by atoms with Crippen LogP contribution in [0.1, 0.15) is 54.8 Å². The van der Waals surface area contributed by atoms with Crippen LogP contribution in [0.25, 0.3) is 0 Å². The fourth-order valence-electron chi connectivity index (χ4n) is 2.48. The van der Waals surface area contributed by atoms with Gasteiger partial charge < -0.3 is 16.0 Å². The minimum atomic E-state index is -0.324. The van der Waals surface area contributed by atoms with Gasteiger partial charge >= 0.3 is 0 Å². The number of hydrogen-bond donors (Lipinski definition) is 3. The zero-order chi connectivity index (χ0) is 21.6. The Morgan fingerprint density at radius 1 is 1.03 bits per heavy atom. The van der Waals surface area contributed by atoms with Crippen LogP contribution in [0, 0.1) is 0 Å². The number of benzene rings is 2. The van der Waals surface area contributed by atoms with Gasteiger partial charge in [-0.2, -0.15) is 0 Å². The molecule has 2 rings (SSSR count). The number of halogens is 1. The second-order valence-corrected chi connectivity index (χ2v) is 7.83. The van der Waals surface area contributed by atoms with E-state index in [0.717, 1.165) is 6.42 Å². The van der Waals surface area contributed by atoms with Crippen molar-refractivity contribution in [3.63, 3.8) is 0 Å². The Balaban J connectivity index is 1.96. The van der Waals surface area contributed by atoms with Gasteiger partial charge in [-0.05, 0) is 57.5 Å². The summed E-state index contributed by atoms with van der Waals surface area (Å²) in [6.45, 7) is 7.36. The van der Waals surface area contributed by atoms with E-state index in [1.807, 2.05) is 20.8 Å². The number of anilines is 2. The highest BCUT2D eigenvalue weighted by atomic mass is 35.5. The van der Waals surface area contributed by atoms with E-state index in [1.54, 1.807) is 42.5 Å². The first-order chi connectivity index (χ1) is 13.6. The van der Waals surface area contributed by atoms with E-state index in [1.165, 1.54) is 6.92 Å². The van der Waals surface area contributed by atoms with Gasteiger partial charge in [0, 0.05) is 22.5 Å². The van der Waals surface area contributed by atoms with Crippen LogP contribution in [0.2, 0.25) is 5.02 Å². The maximum absolute atomic E-state index is 12.4. The Morgan fingerprint density at radius 2 is 1.76 bits per heavy atom. The standard InChI is InChI=1S/C22H26ClN3O3/c1-5-22(3,4)26-21(29)18-10-9-16(12-19(18)23)24-13-20(28)25-17-8-6-7-15(11-17)14(2)27/h6-12,24H,5,13H2,1-4H3,(H,25,28)(H,26,29). The Kier molecular flexibility index (Phi) is 7.40. The van der Waals surface area contributed by atoms with Gasteiger partial charge in [-0.15, -0.1) is 0 Å². The van der Waals surface area contributed by atoms with Crippen LogP contribution in [0.3, 0.4) is 0 Å². The topological polar surface area (TPSA) is 87.3 Å². The second kappa shape index (κ2) is 9.56. The summed E-state index contributed by atoms with van der Waals surface area (Å²) in [6.07, 6.45) is 0.792. The highest BCUT2D eigenvalue weighted by Gasteiger charge is 2.20. The van der Waals surface area contributed by atoms with Crippen LogP contribution >= 0.6 is 11.6 Å². The second-order valence-electron chi connectivity index (χ2n) is 7.42. The molecule has 29 heavy (non-hydrogen) atoms. The third kappa shape index (κ3) is 6.61. The van der Waals surface area contributed by atoms with Crippen molar-refractivity contribution in [1.82, 2.24) is 5.32 Å². The summed E-state index contributed by atoms with van der Waals surface area (Å²) < 4.78 is 0. The third-order valence-electron chi connectivity index (χ3n) is 4.56. The van der Waals surface area contributed by atoms with Gasteiger partial charge in [0.1, 0.15) is 0 Å². The molecular formula is C22H26ClN3O3. The molecule has 0 aliphatic heterocycles. The molecule has 0 heterocycles. The van der Waals surface area contributed by atoms with Crippen molar-refractivity contribution >= 4 is 40.6 Å². The van der Waals surface area contributed by atoms with Crippen LogP contribution < -0.4 is 16.0 Å². The zero-order valence-corrected chi connectivity index (χ0v) is 17.8. The average Bonchev–Trinajstić information content (AvgIpc) is 2.66. The molecule has 0 fully saturated rings. The number of ketones is 1. The van der Waals surface area contributed by atoms with E-state index in [2.05, 4.69) is 16.0 Å². The summed E-state index contributed by atoms with van der Waals surface area (Å²) in [5, 5.41) is 8.95. The lowest BCUT2D eigenvalue weighted by atomic mass is 10.0. The van der Waals surface area contributed by atoms with Crippen LogP contribution in [-0.4, -0.2) is 29.7 Å². The summed E-state index contributed by atoms with van der Waals surface area (Å²) in [5.41, 5.74) is 1.75. The van der Waals surface area contributed by atoms with Crippen LogP contribution in [0.5, 0.6) is 0 Å². The normalized spacial score (nSPS) is 10.9. The van der Waals surface area contributed by atoms with Crippen molar-refractivity contribution in [2.45, 2.75) is 39.7 Å². The predicted octanol–water partition coefficient (Wildman–Crippen LogP) is 4.51. The summed E-state index contributed by atoms with van der Waals surface area (Å²) in [4.78, 5) is 36.0. The minimum Gasteiger partial charge on any atom is -0.376 e. The molecule has 0 aliphatic rings. The number of carbonyl (C=O) groups excluding carboxylic acids is 3. The molecule has 3 N–H and O–H groups in total. The fourth-order valence-corrected chi connectivity index (χ4v) is 2.74. The van der Waals surface area contributed by atoms with Crippen molar-refractivity contribution in [2.24, 2.45) is 0 Å². The molecule has 0 bridgehead atoms. The number of hydrogen-bond acceptors (Lipinski definition) is 4. The molecule has 7 heteroatoms. The third-order valence-corrected chi connectivity index (χ3v) is 4.87. The number of Topliss-reactive ketones (excluding diaryl/α,β-unsaturated/α-hetero) is 1. The maximum Gasteiger partial charge on any atom is 0.253 e. The predicted molar refractivity (Wildman–Crippen MR) is 117 cm³/mol.